The smallest absolute Gasteiger partial charge is 0.349 e. The lowest BCUT2D eigenvalue weighted by atomic mass is 9.92. The van der Waals surface area contributed by atoms with Crippen molar-refractivity contribution in [1.29, 1.82) is 0 Å². The third-order valence-corrected chi connectivity index (χ3v) is 6.89. The minimum Gasteiger partial charge on any atom is -0.454 e. The van der Waals surface area contributed by atoms with Gasteiger partial charge in [0.15, 0.2) is 5.75 Å². The van der Waals surface area contributed by atoms with Gasteiger partial charge in [0.25, 0.3) is 5.56 Å². The highest BCUT2D eigenvalue weighted by atomic mass is 35.5. The van der Waals surface area contributed by atoms with Gasteiger partial charge in [-0.25, -0.2) is 4.79 Å². The minimum atomic E-state index is -0.680. The van der Waals surface area contributed by atoms with Gasteiger partial charge in [-0.05, 0) is 92.5 Å². The number of rotatable bonds is 8. The van der Waals surface area contributed by atoms with E-state index < -0.39 is 11.2 Å². The molecule has 3 N–H and O–H groups in total. The van der Waals surface area contributed by atoms with Gasteiger partial charge < -0.3 is 10.5 Å². The van der Waals surface area contributed by atoms with Crippen molar-refractivity contribution in [3.8, 4) is 17.2 Å². The van der Waals surface area contributed by atoms with Crippen molar-refractivity contribution in [3.63, 3.8) is 0 Å². The largest absolute Gasteiger partial charge is 0.454 e. The highest BCUT2D eigenvalue weighted by molar-refractivity contribution is 6.37. The van der Waals surface area contributed by atoms with Crippen LogP contribution in [0.2, 0.25) is 10.0 Å². The molecular formula is C31H42Cl2N4O3. The number of ether oxygens (including phenoxy) is 1. The molecule has 4 rings (SSSR count). The van der Waals surface area contributed by atoms with E-state index in [1.807, 2.05) is 39.0 Å². The molecule has 0 spiro atoms. The van der Waals surface area contributed by atoms with E-state index in [1.54, 1.807) is 0 Å². The number of benzene rings is 2. The average Bonchev–Trinajstić information content (AvgIpc) is 3.74. The number of aromatic nitrogens is 3. The third-order valence-electron chi connectivity index (χ3n) is 6.33. The molecule has 1 atom stereocenters. The zero-order chi connectivity index (χ0) is 30.0. The van der Waals surface area contributed by atoms with Crippen LogP contribution in [0.25, 0.3) is 11.3 Å². The van der Waals surface area contributed by atoms with Gasteiger partial charge in [-0.15, -0.1) is 0 Å². The monoisotopic (exact) mass is 588 g/mol. The number of halogens is 2. The van der Waals surface area contributed by atoms with Crippen LogP contribution >= 0.6 is 23.2 Å². The maximum absolute atomic E-state index is 12.2. The van der Waals surface area contributed by atoms with Gasteiger partial charge in [-0.1, -0.05) is 76.4 Å². The summed E-state index contributed by atoms with van der Waals surface area (Å²) in [5.41, 5.74) is 7.83. The molecule has 9 heteroatoms. The summed E-state index contributed by atoms with van der Waals surface area (Å²) in [6, 6.07) is 9.06. The first-order valence-corrected chi connectivity index (χ1v) is 14.7. The van der Waals surface area contributed by atoms with E-state index in [1.165, 1.54) is 48.6 Å². The van der Waals surface area contributed by atoms with Crippen molar-refractivity contribution in [2.45, 2.75) is 74.1 Å². The number of hydrogen-bond donors (Lipinski definition) is 2. The van der Waals surface area contributed by atoms with Crippen LogP contribution in [0.3, 0.4) is 0 Å². The first-order chi connectivity index (χ1) is 19.1. The molecule has 0 aliphatic heterocycles. The standard InChI is InChI=1S/C27H29Cl2N3O3.C2H7N.C2H6/c1-5-15(2)10-19(11-18-7-8-18)22-14-21(9-6-16(22)3)35-25-23(28)12-20(13-24(25)29)32-27(34)30-26(33)17(4)31-32;1-2-3;1-2/h6,9-10,12-15,18H,5,7-8,11H2,1-4H3,(H,30,33,34);2-3H2,1H3;1-2H3/b19-10-;;. The molecule has 40 heavy (non-hydrogen) atoms. The number of nitrogens with two attached hydrogens (primary N) is 1. The predicted molar refractivity (Wildman–Crippen MR) is 167 cm³/mol. The summed E-state index contributed by atoms with van der Waals surface area (Å²) in [5.74, 6) is 2.18. The second-order valence-corrected chi connectivity index (χ2v) is 10.5. The Morgan fingerprint density at radius 2 is 1.75 bits per heavy atom. The van der Waals surface area contributed by atoms with E-state index in [9.17, 15) is 9.59 Å². The van der Waals surface area contributed by atoms with Crippen molar-refractivity contribution < 1.29 is 4.74 Å². The summed E-state index contributed by atoms with van der Waals surface area (Å²) < 4.78 is 7.19. The summed E-state index contributed by atoms with van der Waals surface area (Å²) in [6.07, 6.45) is 7.13. The highest BCUT2D eigenvalue weighted by Crippen LogP contribution is 2.42. The van der Waals surface area contributed by atoms with E-state index in [0.29, 0.717) is 17.4 Å². The lowest BCUT2D eigenvalue weighted by molar-refractivity contribution is 0.482. The molecule has 0 bridgehead atoms. The Kier molecular flexibility index (Phi) is 13.2. The fourth-order valence-electron chi connectivity index (χ4n) is 3.91. The maximum atomic E-state index is 12.2. The molecule has 1 aromatic heterocycles. The van der Waals surface area contributed by atoms with Gasteiger partial charge in [0.05, 0.1) is 15.7 Å². The highest BCUT2D eigenvalue weighted by Gasteiger charge is 2.24. The van der Waals surface area contributed by atoms with Crippen LogP contribution in [0.15, 0.2) is 46.0 Å². The Bertz CT molecular complexity index is 1400. The normalized spacial score (nSPS) is 13.5. The number of hydrogen-bond acceptors (Lipinski definition) is 5. The summed E-state index contributed by atoms with van der Waals surface area (Å²) in [6.45, 7) is 14.7. The van der Waals surface area contributed by atoms with E-state index >= 15 is 0 Å². The zero-order valence-corrected chi connectivity index (χ0v) is 26.1. The molecule has 0 saturated heterocycles. The number of nitrogens with one attached hydrogen (secondary N) is 1. The first kappa shape index (κ1) is 33.3. The second kappa shape index (κ2) is 15.8. The van der Waals surface area contributed by atoms with Crippen molar-refractivity contribution in [1.82, 2.24) is 14.8 Å². The van der Waals surface area contributed by atoms with Crippen LogP contribution in [-0.2, 0) is 0 Å². The van der Waals surface area contributed by atoms with Crippen LogP contribution in [0.4, 0.5) is 0 Å². The summed E-state index contributed by atoms with van der Waals surface area (Å²) in [4.78, 5) is 26.1. The quantitative estimate of drug-likeness (QED) is 0.279. The fraction of sp³-hybridized carbons (Fsp3) is 0.452. The SMILES string of the molecule is CC.CCC(C)/C=C(/CC1CC1)c1cc(Oc2c(Cl)cc(-n3nc(C)c(=O)[nH]c3=O)cc2Cl)ccc1C.CCN. The molecule has 2 aromatic carbocycles. The predicted octanol–water partition coefficient (Wildman–Crippen LogP) is 7.86. The average molecular weight is 590 g/mol. The van der Waals surface area contributed by atoms with E-state index in [2.05, 4.69) is 36.9 Å². The molecule has 1 aliphatic rings. The fourth-order valence-corrected chi connectivity index (χ4v) is 4.47. The van der Waals surface area contributed by atoms with Gasteiger partial charge in [0.2, 0.25) is 0 Å². The van der Waals surface area contributed by atoms with Crippen LogP contribution in [-0.4, -0.2) is 21.3 Å². The minimum absolute atomic E-state index is 0.150. The van der Waals surface area contributed by atoms with Crippen molar-refractivity contribution in [2.24, 2.45) is 17.6 Å². The van der Waals surface area contributed by atoms with E-state index in [-0.39, 0.29) is 21.5 Å². The van der Waals surface area contributed by atoms with Crippen LogP contribution in [0.5, 0.6) is 11.5 Å². The molecule has 0 amide bonds. The molecule has 1 unspecified atom stereocenters. The van der Waals surface area contributed by atoms with Gasteiger partial charge in [-0.3, -0.25) is 9.78 Å². The Labute approximate surface area is 247 Å². The second-order valence-electron chi connectivity index (χ2n) is 9.71. The number of H-pyrrole nitrogens is 1. The summed E-state index contributed by atoms with van der Waals surface area (Å²) in [7, 11) is 0. The Hall–Kier alpha value is -2.87. The lowest BCUT2D eigenvalue weighted by Crippen LogP contribution is -2.32. The molecule has 1 heterocycles. The summed E-state index contributed by atoms with van der Waals surface area (Å²) in [5, 5.41) is 4.48. The lowest BCUT2D eigenvalue weighted by Gasteiger charge is -2.16. The van der Waals surface area contributed by atoms with E-state index in [0.717, 1.165) is 30.0 Å². The van der Waals surface area contributed by atoms with Gasteiger partial charge in [-0.2, -0.15) is 9.78 Å². The zero-order valence-electron chi connectivity index (χ0n) is 24.6. The molecular weight excluding hydrogens is 547 g/mol. The maximum Gasteiger partial charge on any atom is 0.349 e. The number of allylic oxidation sites excluding steroid dienone is 2. The Morgan fingerprint density at radius 3 is 2.30 bits per heavy atom. The van der Waals surface area contributed by atoms with Crippen molar-refractivity contribution >= 4 is 28.8 Å². The third kappa shape index (κ3) is 9.08. The Balaban J connectivity index is 0.00000105. The number of nitrogens with zero attached hydrogens (tertiary/aromatic N) is 2. The first-order valence-electron chi connectivity index (χ1n) is 14.0. The molecule has 1 aliphatic carbocycles. The van der Waals surface area contributed by atoms with E-state index in [4.69, 9.17) is 33.7 Å². The number of aryl methyl sites for hydroxylation is 2. The number of aromatic amines is 1. The Morgan fingerprint density at radius 1 is 1.15 bits per heavy atom. The van der Waals surface area contributed by atoms with Gasteiger partial charge in [0, 0.05) is 0 Å². The van der Waals surface area contributed by atoms with Crippen molar-refractivity contribution in [3.05, 3.63) is 84.1 Å². The molecule has 1 fully saturated rings. The van der Waals surface area contributed by atoms with Crippen LogP contribution in [0, 0.1) is 25.7 Å². The molecule has 0 radical (unpaired) electrons. The van der Waals surface area contributed by atoms with Gasteiger partial charge in [0.1, 0.15) is 11.4 Å². The van der Waals surface area contributed by atoms with Crippen LogP contribution in [0.1, 0.15) is 77.1 Å². The van der Waals surface area contributed by atoms with Gasteiger partial charge >= 0.3 is 5.69 Å². The molecule has 7 nitrogen and oxygen atoms in total. The molecule has 3 aromatic rings. The van der Waals surface area contributed by atoms with Crippen molar-refractivity contribution in [2.75, 3.05) is 6.54 Å². The molecule has 218 valence electrons. The topological polar surface area (TPSA) is 103 Å². The van der Waals surface area contributed by atoms with Crippen LogP contribution < -0.4 is 21.7 Å². The molecule has 1 saturated carbocycles. The summed E-state index contributed by atoms with van der Waals surface area (Å²) >= 11 is 13.0.